The van der Waals surface area contributed by atoms with E-state index in [-0.39, 0.29) is 30.2 Å². The van der Waals surface area contributed by atoms with Gasteiger partial charge in [0, 0.05) is 24.2 Å². The highest BCUT2D eigenvalue weighted by molar-refractivity contribution is 7.89. The number of benzene rings is 1. The van der Waals surface area contributed by atoms with Gasteiger partial charge in [-0.25, -0.2) is 13.1 Å². The van der Waals surface area contributed by atoms with Gasteiger partial charge in [0.1, 0.15) is 0 Å². The monoisotopic (exact) mass is 431 g/mol. The van der Waals surface area contributed by atoms with E-state index in [1.807, 2.05) is 19.9 Å². The molecule has 2 heterocycles. The Bertz CT molecular complexity index is 1020. The largest absolute Gasteiger partial charge is 0.435 e. The van der Waals surface area contributed by atoms with Gasteiger partial charge in [-0.3, -0.25) is 4.68 Å². The van der Waals surface area contributed by atoms with Crippen LogP contribution in [0.3, 0.4) is 0 Å². The van der Waals surface area contributed by atoms with Gasteiger partial charge in [0.2, 0.25) is 10.0 Å². The Morgan fingerprint density at radius 3 is 2.38 bits per heavy atom. The second-order valence-corrected chi connectivity index (χ2v) is 8.99. The molecule has 0 saturated carbocycles. The van der Waals surface area contributed by atoms with E-state index < -0.39 is 21.9 Å². The average molecular weight is 431 g/mol. The maximum atomic E-state index is 13.2. The molecule has 0 saturated heterocycles. The number of sulfonamides is 1. The van der Waals surface area contributed by atoms with Crippen LogP contribution in [0.5, 0.6) is 0 Å². The van der Waals surface area contributed by atoms with Crippen molar-refractivity contribution in [1.82, 2.24) is 14.5 Å². The van der Waals surface area contributed by atoms with Crippen LogP contribution in [0.4, 0.5) is 13.2 Å². The molecule has 1 aromatic heterocycles. The molecule has 0 fully saturated rings. The third-order valence-electron chi connectivity index (χ3n) is 5.35. The Labute approximate surface area is 168 Å². The quantitative estimate of drug-likeness (QED) is 0.789. The summed E-state index contributed by atoms with van der Waals surface area (Å²) in [4.78, 5) is 0.224. The molecule has 0 atom stereocenters. The molecule has 0 spiro atoms. The van der Waals surface area contributed by atoms with Gasteiger partial charge >= 0.3 is 6.18 Å². The van der Waals surface area contributed by atoms with Gasteiger partial charge < -0.3 is 4.74 Å². The van der Waals surface area contributed by atoms with E-state index in [0.717, 1.165) is 11.1 Å². The molecule has 10 heteroatoms. The Morgan fingerprint density at radius 1 is 1.17 bits per heavy atom. The normalized spacial score (nSPS) is 14.9. The highest BCUT2D eigenvalue weighted by Crippen LogP contribution is 2.34. The molecule has 2 aromatic rings. The number of aryl methyl sites for hydroxylation is 2. The number of fused-ring (bicyclic) bond motifs is 1. The molecule has 0 aliphatic carbocycles. The van der Waals surface area contributed by atoms with Crippen molar-refractivity contribution in [3.8, 4) is 0 Å². The van der Waals surface area contributed by atoms with Gasteiger partial charge in [0.25, 0.3) is 0 Å². The maximum Gasteiger partial charge on any atom is 0.435 e. The van der Waals surface area contributed by atoms with Crippen LogP contribution in [0, 0.1) is 27.7 Å². The Hall–Kier alpha value is -1.91. The smallest absolute Gasteiger partial charge is 0.376 e. The number of alkyl halides is 3. The summed E-state index contributed by atoms with van der Waals surface area (Å²) in [5, 5.41) is 3.70. The second-order valence-electron chi connectivity index (χ2n) is 7.28. The van der Waals surface area contributed by atoms with Gasteiger partial charge in [-0.05, 0) is 49.9 Å². The molecular weight excluding hydrogens is 407 g/mol. The number of halogens is 3. The van der Waals surface area contributed by atoms with Gasteiger partial charge in [-0.2, -0.15) is 18.3 Å². The number of nitrogens with one attached hydrogen (secondary N) is 1. The Balaban J connectivity index is 1.83. The van der Waals surface area contributed by atoms with E-state index in [4.69, 9.17) is 4.74 Å². The Kier molecular flexibility index (Phi) is 5.81. The van der Waals surface area contributed by atoms with Crippen LogP contribution >= 0.6 is 0 Å². The van der Waals surface area contributed by atoms with Crippen LogP contribution < -0.4 is 4.72 Å². The zero-order chi connectivity index (χ0) is 21.6. The van der Waals surface area contributed by atoms with Gasteiger partial charge in [-0.1, -0.05) is 6.07 Å². The van der Waals surface area contributed by atoms with Crippen molar-refractivity contribution in [2.45, 2.75) is 58.3 Å². The van der Waals surface area contributed by atoms with Gasteiger partial charge in [0.05, 0.1) is 24.7 Å². The lowest BCUT2D eigenvalue weighted by atomic mass is 10.0. The van der Waals surface area contributed by atoms with E-state index >= 15 is 0 Å². The number of nitrogens with zero attached hydrogens (tertiary/aromatic N) is 2. The van der Waals surface area contributed by atoms with Crippen LogP contribution in [0.1, 0.15) is 39.2 Å². The topological polar surface area (TPSA) is 73.2 Å². The fourth-order valence-corrected chi connectivity index (χ4v) is 5.30. The minimum absolute atomic E-state index is 0.000532. The van der Waals surface area contributed by atoms with Crippen LogP contribution in [0.15, 0.2) is 11.0 Å². The first-order valence-electron chi connectivity index (χ1n) is 9.24. The summed E-state index contributed by atoms with van der Waals surface area (Å²) in [6.45, 7) is 7.28. The Morgan fingerprint density at radius 2 is 1.79 bits per heavy atom. The van der Waals surface area contributed by atoms with Crippen LogP contribution in [-0.2, 0) is 40.5 Å². The summed E-state index contributed by atoms with van der Waals surface area (Å²) >= 11 is 0. The van der Waals surface area contributed by atoms with Gasteiger partial charge in [0.15, 0.2) is 5.69 Å². The molecule has 0 amide bonds. The molecule has 29 heavy (non-hydrogen) atoms. The molecule has 0 radical (unpaired) electrons. The average Bonchev–Trinajstić information content (AvgIpc) is 2.99. The van der Waals surface area contributed by atoms with E-state index in [2.05, 4.69) is 9.82 Å². The SMILES string of the molecule is Cc1cc(C)c(C)c(S(=O)(=O)NCCn2nc(C(F)(F)F)c3c2CCOC3)c1C. The summed E-state index contributed by atoms with van der Waals surface area (Å²) in [5.41, 5.74) is 2.57. The summed E-state index contributed by atoms with van der Waals surface area (Å²) in [6, 6.07) is 1.93. The summed E-state index contributed by atoms with van der Waals surface area (Å²) in [7, 11) is -3.82. The van der Waals surface area contributed by atoms with Crippen molar-refractivity contribution in [1.29, 1.82) is 0 Å². The van der Waals surface area contributed by atoms with Crippen molar-refractivity contribution in [3.63, 3.8) is 0 Å². The zero-order valence-electron chi connectivity index (χ0n) is 16.8. The maximum absolute atomic E-state index is 13.2. The molecule has 1 aromatic carbocycles. The number of hydrogen-bond acceptors (Lipinski definition) is 4. The molecule has 6 nitrogen and oxygen atoms in total. The zero-order valence-corrected chi connectivity index (χ0v) is 17.6. The molecular formula is C19H24F3N3O3S. The minimum Gasteiger partial charge on any atom is -0.376 e. The lowest BCUT2D eigenvalue weighted by molar-refractivity contribution is -0.142. The molecule has 0 bridgehead atoms. The summed E-state index contributed by atoms with van der Waals surface area (Å²) in [5.74, 6) is 0. The highest BCUT2D eigenvalue weighted by atomic mass is 32.2. The minimum atomic E-state index is -4.58. The second kappa shape index (κ2) is 7.73. The fraction of sp³-hybridized carbons (Fsp3) is 0.526. The lowest BCUT2D eigenvalue weighted by Gasteiger charge is -2.17. The van der Waals surface area contributed by atoms with Crippen molar-refractivity contribution >= 4 is 10.0 Å². The van der Waals surface area contributed by atoms with E-state index in [1.54, 1.807) is 13.8 Å². The first kappa shape index (κ1) is 21.8. The summed E-state index contributed by atoms with van der Waals surface area (Å²) < 4.78 is 74.4. The molecule has 1 aliphatic heterocycles. The first-order chi connectivity index (χ1) is 13.4. The molecule has 1 N–H and O–H groups in total. The third kappa shape index (κ3) is 4.19. The molecule has 1 aliphatic rings. The van der Waals surface area contributed by atoms with Crippen LogP contribution in [-0.4, -0.2) is 31.3 Å². The van der Waals surface area contributed by atoms with Crippen LogP contribution in [0.2, 0.25) is 0 Å². The molecule has 0 unspecified atom stereocenters. The van der Waals surface area contributed by atoms with Gasteiger partial charge in [-0.15, -0.1) is 0 Å². The first-order valence-corrected chi connectivity index (χ1v) is 10.7. The number of aromatic nitrogens is 2. The standard InChI is InChI=1S/C19H24F3N3O3S/c1-11-9-12(2)14(4)17(13(11)3)29(26,27)23-6-7-25-16-5-8-28-10-15(16)18(24-25)19(20,21)22/h9,23H,5-8,10H2,1-4H3. The number of rotatable bonds is 5. The fourth-order valence-electron chi connectivity index (χ4n) is 3.66. The third-order valence-corrected chi connectivity index (χ3v) is 7.08. The predicted octanol–water partition coefficient (Wildman–Crippen LogP) is 3.19. The van der Waals surface area contributed by atoms with Crippen molar-refractivity contribution in [2.75, 3.05) is 13.2 Å². The van der Waals surface area contributed by atoms with Crippen molar-refractivity contribution in [2.24, 2.45) is 0 Å². The van der Waals surface area contributed by atoms with E-state index in [9.17, 15) is 21.6 Å². The highest BCUT2D eigenvalue weighted by Gasteiger charge is 2.39. The summed E-state index contributed by atoms with van der Waals surface area (Å²) in [6.07, 6.45) is -4.27. The van der Waals surface area contributed by atoms with Crippen molar-refractivity contribution < 1.29 is 26.3 Å². The molecule has 3 rings (SSSR count). The predicted molar refractivity (Wildman–Crippen MR) is 101 cm³/mol. The molecule has 160 valence electrons. The van der Waals surface area contributed by atoms with E-state index in [1.165, 1.54) is 4.68 Å². The van der Waals surface area contributed by atoms with E-state index in [0.29, 0.717) is 29.8 Å². The van der Waals surface area contributed by atoms with Crippen LogP contribution in [0.25, 0.3) is 0 Å². The van der Waals surface area contributed by atoms with Crippen molar-refractivity contribution in [3.05, 3.63) is 45.3 Å². The number of ether oxygens (including phenoxy) is 1. The lowest BCUT2D eigenvalue weighted by Crippen LogP contribution is -2.30. The number of hydrogen-bond donors (Lipinski definition) is 1.